The Morgan fingerprint density at radius 3 is 2.88 bits per heavy atom. The van der Waals surface area contributed by atoms with Crippen molar-refractivity contribution in [3.8, 4) is 0 Å². The Bertz CT molecular complexity index is 455. The van der Waals surface area contributed by atoms with Gasteiger partial charge in [-0.2, -0.15) is 0 Å². The number of hydrogen-bond donors (Lipinski definition) is 0. The van der Waals surface area contributed by atoms with Gasteiger partial charge < -0.3 is 4.74 Å². The molecule has 7 heteroatoms. The van der Waals surface area contributed by atoms with Gasteiger partial charge in [0.15, 0.2) is 5.13 Å². The average Bonchev–Trinajstić information content (AvgIpc) is 2.82. The summed E-state index contributed by atoms with van der Waals surface area (Å²) in [6.07, 6.45) is 0.170. The van der Waals surface area contributed by atoms with E-state index in [9.17, 15) is 9.59 Å². The molecule has 1 atom stereocenters. The highest BCUT2D eigenvalue weighted by Crippen LogP contribution is 2.33. The molecule has 1 aliphatic heterocycles. The summed E-state index contributed by atoms with van der Waals surface area (Å²) in [6.45, 7) is 2.09. The fourth-order valence-corrected chi connectivity index (χ4v) is 2.77. The Balaban J connectivity index is 2.18. The Hall–Kier alpha value is -1.14. The first-order valence-corrected chi connectivity index (χ1v) is 6.23. The second-order valence-electron chi connectivity index (χ2n) is 3.78. The maximum atomic E-state index is 11.8. The van der Waals surface area contributed by atoms with Crippen molar-refractivity contribution in [3.05, 3.63) is 10.0 Å². The predicted octanol–water partition coefficient (Wildman–Crippen LogP) is 1.63. The number of carbonyl (C=O) groups is 2. The second-order valence-corrected chi connectivity index (χ2v) is 5.36. The van der Waals surface area contributed by atoms with Gasteiger partial charge in [0.2, 0.25) is 5.91 Å². The summed E-state index contributed by atoms with van der Waals surface area (Å²) in [4.78, 5) is 28.8. The SMILES string of the molecule is COC(=O)C1CC(=O)N(c2nc(C)c(Cl)s2)C1. The Morgan fingerprint density at radius 2 is 2.35 bits per heavy atom. The fraction of sp³-hybridized carbons (Fsp3) is 0.500. The Morgan fingerprint density at radius 1 is 1.65 bits per heavy atom. The van der Waals surface area contributed by atoms with Crippen LogP contribution in [0.25, 0.3) is 0 Å². The van der Waals surface area contributed by atoms with Crippen LogP contribution in [-0.2, 0) is 14.3 Å². The summed E-state index contributed by atoms with van der Waals surface area (Å²) < 4.78 is 5.20. The third-order valence-corrected chi connectivity index (χ3v) is 4.09. The highest BCUT2D eigenvalue weighted by molar-refractivity contribution is 7.19. The normalized spacial score (nSPS) is 19.8. The highest BCUT2D eigenvalue weighted by Gasteiger charge is 2.37. The number of hydrogen-bond acceptors (Lipinski definition) is 5. The molecular weight excluding hydrogens is 264 g/mol. The standard InChI is InChI=1S/C10H11ClN2O3S/c1-5-8(11)17-10(12-5)13-4-6(3-7(13)14)9(15)16-2/h6H,3-4H2,1-2H3. The number of methoxy groups -OCH3 is 1. The molecule has 1 amide bonds. The largest absolute Gasteiger partial charge is 0.469 e. The van der Waals surface area contributed by atoms with Gasteiger partial charge in [-0.1, -0.05) is 22.9 Å². The van der Waals surface area contributed by atoms with E-state index in [1.54, 1.807) is 6.92 Å². The number of halogens is 1. The number of carbonyl (C=O) groups excluding carboxylic acids is 2. The summed E-state index contributed by atoms with van der Waals surface area (Å²) >= 11 is 7.15. The van der Waals surface area contributed by atoms with Crippen LogP contribution in [0.4, 0.5) is 5.13 Å². The number of thiazole rings is 1. The van der Waals surface area contributed by atoms with E-state index in [0.717, 1.165) is 0 Å². The van der Waals surface area contributed by atoms with Crippen molar-refractivity contribution in [1.82, 2.24) is 4.98 Å². The lowest BCUT2D eigenvalue weighted by Crippen LogP contribution is -2.26. The highest BCUT2D eigenvalue weighted by atomic mass is 35.5. The number of esters is 1. The third-order valence-electron chi connectivity index (χ3n) is 2.62. The maximum absolute atomic E-state index is 11.8. The first-order chi connectivity index (χ1) is 8.02. The van der Waals surface area contributed by atoms with Crippen molar-refractivity contribution >= 4 is 39.9 Å². The summed E-state index contributed by atoms with van der Waals surface area (Å²) in [5, 5.41) is 0.545. The van der Waals surface area contributed by atoms with E-state index in [1.165, 1.54) is 23.3 Å². The molecule has 0 spiro atoms. The van der Waals surface area contributed by atoms with Crippen molar-refractivity contribution in [3.63, 3.8) is 0 Å². The van der Waals surface area contributed by atoms with Crippen LogP contribution in [0.2, 0.25) is 4.34 Å². The monoisotopic (exact) mass is 274 g/mol. The summed E-state index contributed by atoms with van der Waals surface area (Å²) in [5.74, 6) is -0.887. The van der Waals surface area contributed by atoms with Crippen molar-refractivity contribution < 1.29 is 14.3 Å². The van der Waals surface area contributed by atoms with Gasteiger partial charge in [-0.25, -0.2) is 4.98 Å². The van der Waals surface area contributed by atoms with Crippen LogP contribution in [0.5, 0.6) is 0 Å². The fourth-order valence-electron chi connectivity index (χ4n) is 1.70. The van der Waals surface area contributed by atoms with Gasteiger partial charge in [-0.3, -0.25) is 14.5 Å². The van der Waals surface area contributed by atoms with E-state index < -0.39 is 5.92 Å². The molecule has 2 rings (SSSR count). The van der Waals surface area contributed by atoms with Gasteiger partial charge in [0.25, 0.3) is 0 Å². The van der Waals surface area contributed by atoms with Crippen LogP contribution in [0.15, 0.2) is 0 Å². The maximum Gasteiger partial charge on any atom is 0.311 e. The lowest BCUT2D eigenvalue weighted by molar-refractivity contribution is -0.145. The lowest BCUT2D eigenvalue weighted by atomic mass is 10.1. The first kappa shape index (κ1) is 12.3. The minimum atomic E-state index is -0.407. The molecular formula is C10H11ClN2O3S. The minimum absolute atomic E-state index is 0.120. The number of aryl methyl sites for hydroxylation is 1. The van der Waals surface area contributed by atoms with E-state index in [2.05, 4.69) is 9.72 Å². The minimum Gasteiger partial charge on any atom is -0.469 e. The zero-order valence-corrected chi connectivity index (χ0v) is 11.0. The van der Waals surface area contributed by atoms with Gasteiger partial charge in [-0.05, 0) is 6.92 Å². The van der Waals surface area contributed by atoms with Gasteiger partial charge in [-0.15, -0.1) is 0 Å². The molecule has 92 valence electrons. The van der Waals surface area contributed by atoms with E-state index in [0.29, 0.717) is 21.7 Å². The molecule has 0 N–H and O–H groups in total. The number of nitrogens with zero attached hydrogens (tertiary/aromatic N) is 2. The van der Waals surface area contributed by atoms with Gasteiger partial charge >= 0.3 is 5.97 Å². The molecule has 0 aliphatic carbocycles. The molecule has 17 heavy (non-hydrogen) atoms. The van der Waals surface area contributed by atoms with Crippen LogP contribution in [0.3, 0.4) is 0 Å². The predicted molar refractivity (Wildman–Crippen MR) is 64.3 cm³/mol. The van der Waals surface area contributed by atoms with E-state index in [-0.39, 0.29) is 18.3 Å². The molecule has 1 aromatic rings. The lowest BCUT2D eigenvalue weighted by Gasteiger charge is -2.11. The van der Waals surface area contributed by atoms with Crippen LogP contribution in [0, 0.1) is 12.8 Å². The molecule has 0 aromatic carbocycles. The van der Waals surface area contributed by atoms with E-state index in [1.807, 2.05) is 0 Å². The van der Waals surface area contributed by atoms with Crippen molar-refractivity contribution in [1.29, 1.82) is 0 Å². The zero-order chi connectivity index (χ0) is 12.6. The number of amides is 1. The third kappa shape index (κ3) is 2.28. The van der Waals surface area contributed by atoms with Crippen LogP contribution in [0.1, 0.15) is 12.1 Å². The molecule has 1 aromatic heterocycles. The zero-order valence-electron chi connectivity index (χ0n) is 9.40. The Labute approximate surface area is 107 Å². The molecule has 1 saturated heterocycles. The van der Waals surface area contributed by atoms with Crippen LogP contribution in [-0.4, -0.2) is 30.5 Å². The molecule has 0 saturated carbocycles. The summed E-state index contributed by atoms with van der Waals surface area (Å²) in [5.41, 5.74) is 0.695. The smallest absolute Gasteiger partial charge is 0.311 e. The average molecular weight is 275 g/mol. The van der Waals surface area contributed by atoms with Gasteiger partial charge in [0.1, 0.15) is 4.34 Å². The number of aromatic nitrogens is 1. The van der Waals surface area contributed by atoms with Crippen molar-refractivity contribution in [2.75, 3.05) is 18.6 Å². The Kier molecular flexibility index (Phi) is 3.35. The van der Waals surface area contributed by atoms with Crippen LogP contribution >= 0.6 is 22.9 Å². The molecule has 1 fully saturated rings. The molecule has 0 bridgehead atoms. The topological polar surface area (TPSA) is 59.5 Å². The summed E-state index contributed by atoms with van der Waals surface area (Å²) in [7, 11) is 1.32. The number of rotatable bonds is 2. The summed E-state index contributed by atoms with van der Waals surface area (Å²) in [6, 6.07) is 0. The first-order valence-electron chi connectivity index (χ1n) is 5.04. The van der Waals surface area contributed by atoms with Crippen molar-refractivity contribution in [2.24, 2.45) is 5.92 Å². The molecule has 5 nitrogen and oxygen atoms in total. The van der Waals surface area contributed by atoms with E-state index >= 15 is 0 Å². The molecule has 0 radical (unpaired) electrons. The molecule has 1 unspecified atom stereocenters. The number of ether oxygens (including phenoxy) is 1. The quantitative estimate of drug-likeness (QED) is 0.769. The second kappa shape index (κ2) is 4.62. The molecule has 2 heterocycles. The van der Waals surface area contributed by atoms with Crippen molar-refractivity contribution in [2.45, 2.75) is 13.3 Å². The molecule has 1 aliphatic rings. The van der Waals surface area contributed by atoms with Gasteiger partial charge in [0, 0.05) is 13.0 Å². The van der Waals surface area contributed by atoms with E-state index in [4.69, 9.17) is 11.6 Å². The van der Waals surface area contributed by atoms with Gasteiger partial charge in [0.05, 0.1) is 18.7 Å². The number of anilines is 1. The van der Waals surface area contributed by atoms with Crippen LogP contribution < -0.4 is 4.90 Å².